The zero-order valence-corrected chi connectivity index (χ0v) is 20.8. The number of aryl methyl sites for hydroxylation is 1. The number of esters is 1. The van der Waals surface area contributed by atoms with Crippen LogP contribution >= 0.6 is 0 Å². The first kappa shape index (κ1) is 23.6. The molecule has 2 saturated carbocycles. The van der Waals surface area contributed by atoms with Crippen molar-refractivity contribution < 1.29 is 14.5 Å². The minimum atomic E-state index is -0.611. The molecule has 0 saturated heterocycles. The molecule has 0 spiro atoms. The lowest BCUT2D eigenvalue weighted by Gasteiger charge is -2.30. The number of carbonyl (C=O) groups is 1. The van der Waals surface area contributed by atoms with Crippen molar-refractivity contribution in [3.63, 3.8) is 0 Å². The predicted molar refractivity (Wildman–Crippen MR) is 133 cm³/mol. The summed E-state index contributed by atoms with van der Waals surface area (Å²) in [5.74, 6) is 0.437. The number of ether oxygens (including phenoxy) is 1. The number of benzene rings is 1. The van der Waals surface area contributed by atoms with Crippen LogP contribution in [0.2, 0.25) is 0 Å². The van der Waals surface area contributed by atoms with Gasteiger partial charge in [-0.15, -0.1) is 0 Å². The van der Waals surface area contributed by atoms with Gasteiger partial charge in [0.25, 0.3) is 5.69 Å². The van der Waals surface area contributed by atoms with Crippen molar-refractivity contribution in [2.75, 3.05) is 5.32 Å². The summed E-state index contributed by atoms with van der Waals surface area (Å²) in [6, 6.07) is 6.75. The van der Waals surface area contributed by atoms with E-state index in [9.17, 15) is 14.9 Å². The van der Waals surface area contributed by atoms with E-state index in [2.05, 4.69) is 5.32 Å². The van der Waals surface area contributed by atoms with Crippen molar-refractivity contribution in [1.82, 2.24) is 9.78 Å². The fourth-order valence-electron chi connectivity index (χ4n) is 6.34. The summed E-state index contributed by atoms with van der Waals surface area (Å²) in [4.78, 5) is 25.5. The van der Waals surface area contributed by atoms with Gasteiger partial charge >= 0.3 is 5.97 Å². The van der Waals surface area contributed by atoms with Gasteiger partial charge in [0, 0.05) is 35.9 Å². The Hall–Kier alpha value is -3.16. The molecule has 8 heteroatoms. The lowest BCUT2D eigenvalue weighted by atomic mass is 9.78. The van der Waals surface area contributed by atoms with Gasteiger partial charge in [-0.3, -0.25) is 14.8 Å². The van der Waals surface area contributed by atoms with Gasteiger partial charge < -0.3 is 10.1 Å². The van der Waals surface area contributed by atoms with Crippen LogP contribution in [0.15, 0.2) is 35.5 Å². The number of nitrogens with one attached hydrogen (secondary N) is 1. The van der Waals surface area contributed by atoms with Crippen LogP contribution in [-0.2, 0) is 16.6 Å². The Bertz CT molecular complexity index is 1170. The van der Waals surface area contributed by atoms with E-state index >= 15 is 0 Å². The molecule has 1 N–H and O–H groups in total. The minimum Gasteiger partial charge on any atom is -0.459 e. The highest BCUT2D eigenvalue weighted by atomic mass is 16.6. The van der Waals surface area contributed by atoms with Crippen LogP contribution < -0.4 is 5.32 Å². The lowest BCUT2D eigenvalue weighted by molar-refractivity contribution is -0.385. The molecule has 3 aliphatic rings. The predicted octanol–water partition coefficient (Wildman–Crippen LogP) is 5.94. The molecule has 186 valence electrons. The quantitative estimate of drug-likeness (QED) is 0.313. The second-order valence-electron chi connectivity index (χ2n) is 10.3. The van der Waals surface area contributed by atoms with Crippen molar-refractivity contribution in [3.8, 4) is 0 Å². The third-order valence-electron chi connectivity index (χ3n) is 8.16. The maximum Gasteiger partial charge on any atom is 0.337 e. The average molecular weight is 479 g/mol. The first-order valence-corrected chi connectivity index (χ1v) is 12.9. The molecule has 1 aliphatic heterocycles. The number of rotatable bonds is 6. The van der Waals surface area contributed by atoms with Crippen molar-refractivity contribution in [3.05, 3.63) is 62.5 Å². The molecular weight excluding hydrogens is 444 g/mol. The minimum absolute atomic E-state index is 0.00789. The first-order valence-electron chi connectivity index (χ1n) is 12.9. The summed E-state index contributed by atoms with van der Waals surface area (Å²) >= 11 is 0. The van der Waals surface area contributed by atoms with Gasteiger partial charge in [-0.1, -0.05) is 43.9 Å². The monoisotopic (exact) mass is 478 g/mol. The molecule has 0 bridgehead atoms. The highest BCUT2D eigenvalue weighted by Gasteiger charge is 2.42. The fraction of sp³-hybridized carbons (Fsp3) is 0.556. The number of allylic oxidation sites excluding steroid dienone is 1. The molecule has 5 rings (SSSR count). The standard InChI is InChI=1S/C27H34N4O4/c1-16-22(27(32)35-17(2)18-10-4-5-11-18)23(20-14-8-9-15-21(20)31(33)34)24-25(19-12-6-7-13-19)29-30(3)26(24)28-16/h8-9,14-15,17-19,23,28H,4-7,10-13H2,1-3H3. The Labute approximate surface area is 205 Å². The van der Waals surface area contributed by atoms with Gasteiger partial charge in [0.2, 0.25) is 0 Å². The van der Waals surface area contributed by atoms with Crippen LogP contribution in [0.1, 0.15) is 93.9 Å². The first-order chi connectivity index (χ1) is 16.9. The number of carbonyl (C=O) groups excluding carboxylic acids is 1. The van der Waals surface area contributed by atoms with Gasteiger partial charge in [0.1, 0.15) is 11.9 Å². The summed E-state index contributed by atoms with van der Waals surface area (Å²) < 4.78 is 7.87. The number of fused-ring (bicyclic) bond motifs is 1. The Morgan fingerprint density at radius 3 is 2.51 bits per heavy atom. The molecule has 2 unspecified atom stereocenters. The molecular formula is C27H34N4O4. The molecule has 2 atom stereocenters. The van der Waals surface area contributed by atoms with E-state index in [4.69, 9.17) is 9.84 Å². The Morgan fingerprint density at radius 2 is 1.83 bits per heavy atom. The van der Waals surface area contributed by atoms with Crippen LogP contribution in [-0.4, -0.2) is 26.8 Å². The lowest BCUT2D eigenvalue weighted by Crippen LogP contribution is -2.29. The smallest absolute Gasteiger partial charge is 0.337 e. The Morgan fingerprint density at radius 1 is 1.17 bits per heavy atom. The van der Waals surface area contributed by atoms with Gasteiger partial charge in [0.05, 0.1) is 22.1 Å². The third kappa shape index (κ3) is 4.23. The van der Waals surface area contributed by atoms with E-state index < -0.39 is 11.9 Å². The molecule has 2 aromatic rings. The van der Waals surface area contributed by atoms with E-state index in [0.717, 1.165) is 55.6 Å². The number of nitro groups is 1. The summed E-state index contributed by atoms with van der Waals surface area (Å²) in [7, 11) is 1.89. The second-order valence-corrected chi connectivity index (χ2v) is 10.3. The topological polar surface area (TPSA) is 99.3 Å². The number of hydrogen-bond acceptors (Lipinski definition) is 6. The van der Waals surface area contributed by atoms with Gasteiger partial charge in [-0.2, -0.15) is 5.10 Å². The zero-order valence-electron chi connectivity index (χ0n) is 20.8. The summed E-state index contributed by atoms with van der Waals surface area (Å²) in [5.41, 5.74) is 3.44. The van der Waals surface area contributed by atoms with Crippen molar-refractivity contribution in [2.24, 2.45) is 13.0 Å². The molecule has 1 aromatic heterocycles. The normalized spacial score (nSPS) is 21.6. The molecule has 8 nitrogen and oxygen atoms in total. The highest BCUT2D eigenvalue weighted by molar-refractivity contribution is 5.95. The number of nitrogens with zero attached hydrogens (tertiary/aromatic N) is 3. The Kier molecular flexibility index (Phi) is 6.38. The van der Waals surface area contributed by atoms with E-state index in [-0.39, 0.29) is 22.6 Å². The van der Waals surface area contributed by atoms with Crippen molar-refractivity contribution in [2.45, 2.75) is 83.2 Å². The van der Waals surface area contributed by atoms with E-state index in [1.165, 1.54) is 18.9 Å². The van der Waals surface area contributed by atoms with Crippen LogP contribution in [0.25, 0.3) is 0 Å². The number of para-hydroxylation sites is 1. The van der Waals surface area contributed by atoms with Crippen LogP contribution in [0.4, 0.5) is 11.5 Å². The SMILES string of the molecule is CC1=C(C(=O)OC(C)C2CCCC2)C(c2ccccc2[N+](=O)[O-])c2c(C3CCCC3)nn(C)c2N1. The van der Waals surface area contributed by atoms with Gasteiger partial charge in [0.15, 0.2) is 0 Å². The third-order valence-corrected chi connectivity index (χ3v) is 8.16. The maximum absolute atomic E-state index is 13.8. The number of nitro benzene ring substituents is 1. The molecule has 2 heterocycles. The number of hydrogen-bond donors (Lipinski definition) is 1. The average Bonchev–Trinajstić information content (AvgIpc) is 3.60. The van der Waals surface area contributed by atoms with E-state index in [1.54, 1.807) is 18.2 Å². The second kappa shape index (κ2) is 9.47. The van der Waals surface area contributed by atoms with Crippen molar-refractivity contribution >= 4 is 17.5 Å². The van der Waals surface area contributed by atoms with Crippen LogP contribution in [0.3, 0.4) is 0 Å². The summed E-state index contributed by atoms with van der Waals surface area (Å²) in [6.45, 7) is 3.82. The summed E-state index contributed by atoms with van der Waals surface area (Å²) in [5, 5.41) is 20.4. The molecule has 2 fully saturated rings. The van der Waals surface area contributed by atoms with Crippen molar-refractivity contribution in [1.29, 1.82) is 0 Å². The largest absolute Gasteiger partial charge is 0.459 e. The van der Waals surface area contributed by atoms with E-state index in [0.29, 0.717) is 22.8 Å². The molecule has 0 amide bonds. The molecule has 0 radical (unpaired) electrons. The molecule has 2 aliphatic carbocycles. The molecule has 1 aromatic carbocycles. The van der Waals surface area contributed by atoms with Gasteiger partial charge in [-0.25, -0.2) is 4.79 Å². The molecule has 35 heavy (non-hydrogen) atoms. The van der Waals surface area contributed by atoms with Crippen LogP contribution in [0, 0.1) is 16.0 Å². The number of anilines is 1. The fourth-order valence-corrected chi connectivity index (χ4v) is 6.34. The highest BCUT2D eigenvalue weighted by Crippen LogP contribution is 2.49. The van der Waals surface area contributed by atoms with Crippen LogP contribution in [0.5, 0.6) is 0 Å². The van der Waals surface area contributed by atoms with Gasteiger partial charge in [-0.05, 0) is 45.4 Å². The maximum atomic E-state index is 13.8. The number of aromatic nitrogens is 2. The van der Waals surface area contributed by atoms with E-state index in [1.807, 2.05) is 25.6 Å². The zero-order chi connectivity index (χ0) is 24.7. The summed E-state index contributed by atoms with van der Waals surface area (Å²) in [6.07, 6.45) is 8.62. The Balaban J connectivity index is 1.64.